The van der Waals surface area contributed by atoms with Gasteiger partial charge < -0.3 is 20.5 Å². The second-order valence-electron chi connectivity index (χ2n) is 4.44. The van der Waals surface area contributed by atoms with Gasteiger partial charge in [0.25, 0.3) is 0 Å². The number of carboxylic acids is 1. The average Bonchev–Trinajstić information content (AvgIpc) is 2.74. The molecule has 2 rings (SSSR count). The number of nitrogens with two attached hydrogens (primary N) is 1. The van der Waals surface area contributed by atoms with Gasteiger partial charge in [-0.1, -0.05) is 0 Å². The molecule has 2 heterocycles. The molecule has 18 heavy (non-hydrogen) atoms. The number of nitrogens with zero attached hydrogens (tertiary/aromatic N) is 2. The second-order valence-corrected chi connectivity index (χ2v) is 4.44. The predicted molar refractivity (Wildman–Crippen MR) is 67.8 cm³/mol. The molecule has 1 aromatic heterocycles. The van der Waals surface area contributed by atoms with Crippen LogP contribution in [0.5, 0.6) is 0 Å². The number of aromatic nitrogens is 1. The van der Waals surface area contributed by atoms with Crippen LogP contribution in [0.3, 0.4) is 0 Å². The largest absolute Gasteiger partial charge is 0.478 e. The van der Waals surface area contributed by atoms with Crippen LogP contribution in [0.1, 0.15) is 23.7 Å². The Kier molecular flexibility index (Phi) is 3.38. The van der Waals surface area contributed by atoms with Crippen molar-refractivity contribution in [2.45, 2.75) is 25.5 Å². The predicted octanol–water partition coefficient (Wildman–Crippen LogP) is 0.976. The molecule has 0 spiro atoms. The number of nitrogen functional groups attached to an aromatic ring is 1. The molecule has 6 heteroatoms. The van der Waals surface area contributed by atoms with Crippen LogP contribution in [-0.2, 0) is 4.74 Å². The van der Waals surface area contributed by atoms with Crippen LogP contribution < -0.4 is 10.6 Å². The van der Waals surface area contributed by atoms with Crippen LogP contribution >= 0.6 is 0 Å². The molecule has 1 aliphatic rings. The monoisotopic (exact) mass is 251 g/mol. The highest BCUT2D eigenvalue weighted by Gasteiger charge is 2.30. The Labute approximate surface area is 105 Å². The SMILES string of the molecule is CC1OCCC1N(C)c1nccc(C(=O)O)c1N. The number of hydrogen-bond donors (Lipinski definition) is 2. The number of anilines is 2. The van der Waals surface area contributed by atoms with Gasteiger partial charge in [0.05, 0.1) is 23.4 Å². The standard InChI is InChI=1S/C12H17N3O3/c1-7-9(4-6-18-7)15(2)11-10(13)8(12(16)17)3-5-14-11/h3,5,7,9H,4,6,13H2,1-2H3,(H,16,17). The van der Waals surface area contributed by atoms with Crippen molar-refractivity contribution >= 4 is 17.5 Å². The molecule has 1 aromatic rings. The number of pyridine rings is 1. The number of rotatable bonds is 3. The first kappa shape index (κ1) is 12.6. The Morgan fingerprint density at radius 1 is 1.67 bits per heavy atom. The smallest absolute Gasteiger partial charge is 0.337 e. The number of aromatic carboxylic acids is 1. The fourth-order valence-corrected chi connectivity index (χ4v) is 2.32. The first-order valence-electron chi connectivity index (χ1n) is 5.84. The van der Waals surface area contributed by atoms with E-state index in [-0.39, 0.29) is 23.4 Å². The lowest BCUT2D eigenvalue weighted by Crippen LogP contribution is -2.37. The van der Waals surface area contributed by atoms with E-state index in [1.165, 1.54) is 12.3 Å². The van der Waals surface area contributed by atoms with Crippen molar-refractivity contribution in [3.63, 3.8) is 0 Å². The molecule has 0 bridgehead atoms. The Morgan fingerprint density at radius 2 is 2.39 bits per heavy atom. The van der Waals surface area contributed by atoms with Crippen LogP contribution in [0.15, 0.2) is 12.3 Å². The highest BCUT2D eigenvalue weighted by Crippen LogP contribution is 2.28. The molecule has 0 aromatic carbocycles. The number of likely N-dealkylation sites (N-methyl/N-ethyl adjacent to an activating group) is 1. The van der Waals surface area contributed by atoms with E-state index in [2.05, 4.69) is 4.98 Å². The Morgan fingerprint density at radius 3 is 2.94 bits per heavy atom. The molecule has 6 nitrogen and oxygen atoms in total. The van der Waals surface area contributed by atoms with Crippen molar-refractivity contribution in [3.05, 3.63) is 17.8 Å². The molecule has 98 valence electrons. The molecule has 0 aliphatic carbocycles. The van der Waals surface area contributed by atoms with Gasteiger partial charge in [-0.15, -0.1) is 0 Å². The third-order valence-electron chi connectivity index (χ3n) is 3.37. The summed E-state index contributed by atoms with van der Waals surface area (Å²) in [6, 6.07) is 1.58. The highest BCUT2D eigenvalue weighted by atomic mass is 16.5. The van der Waals surface area contributed by atoms with Crippen molar-refractivity contribution in [1.82, 2.24) is 4.98 Å². The summed E-state index contributed by atoms with van der Waals surface area (Å²) < 4.78 is 5.50. The van der Waals surface area contributed by atoms with Gasteiger partial charge in [0.2, 0.25) is 0 Å². The van der Waals surface area contributed by atoms with Crippen molar-refractivity contribution in [2.24, 2.45) is 0 Å². The summed E-state index contributed by atoms with van der Waals surface area (Å²) in [6.07, 6.45) is 2.44. The molecule has 2 unspecified atom stereocenters. The van der Waals surface area contributed by atoms with Crippen LogP contribution in [-0.4, -0.2) is 41.9 Å². The van der Waals surface area contributed by atoms with Crippen LogP contribution in [0.2, 0.25) is 0 Å². The van der Waals surface area contributed by atoms with E-state index < -0.39 is 5.97 Å². The van der Waals surface area contributed by atoms with Gasteiger partial charge in [-0.2, -0.15) is 0 Å². The van der Waals surface area contributed by atoms with Crippen LogP contribution in [0.25, 0.3) is 0 Å². The Hall–Kier alpha value is -1.82. The van der Waals surface area contributed by atoms with Crippen molar-refractivity contribution < 1.29 is 14.6 Å². The number of ether oxygens (including phenoxy) is 1. The lowest BCUT2D eigenvalue weighted by atomic mass is 10.1. The van der Waals surface area contributed by atoms with E-state index in [9.17, 15) is 4.79 Å². The third-order valence-corrected chi connectivity index (χ3v) is 3.37. The topological polar surface area (TPSA) is 88.7 Å². The van der Waals surface area contributed by atoms with Crippen LogP contribution in [0, 0.1) is 0 Å². The third kappa shape index (κ3) is 2.11. The second kappa shape index (κ2) is 4.81. The number of carboxylic acid groups (broad SMARTS) is 1. The van der Waals surface area contributed by atoms with Crippen LogP contribution in [0.4, 0.5) is 11.5 Å². The molecule has 0 radical (unpaired) electrons. The zero-order valence-electron chi connectivity index (χ0n) is 10.5. The molecular weight excluding hydrogens is 234 g/mol. The summed E-state index contributed by atoms with van der Waals surface area (Å²) in [6.45, 7) is 2.69. The fourth-order valence-electron chi connectivity index (χ4n) is 2.32. The molecule has 2 atom stereocenters. The summed E-state index contributed by atoms with van der Waals surface area (Å²) in [4.78, 5) is 17.1. The van der Waals surface area contributed by atoms with Gasteiger partial charge >= 0.3 is 5.97 Å². The summed E-state index contributed by atoms with van der Waals surface area (Å²) in [5.41, 5.74) is 6.15. The van der Waals surface area contributed by atoms with Gasteiger partial charge in [0.1, 0.15) is 0 Å². The van der Waals surface area contributed by atoms with Crippen molar-refractivity contribution in [2.75, 3.05) is 24.3 Å². The molecule has 1 fully saturated rings. The van der Waals surface area contributed by atoms with E-state index in [0.717, 1.165) is 6.42 Å². The van der Waals surface area contributed by atoms with E-state index in [1.807, 2.05) is 18.9 Å². The Balaban J connectivity index is 2.33. The first-order chi connectivity index (χ1) is 8.52. The summed E-state index contributed by atoms with van der Waals surface area (Å²) in [5.74, 6) is -0.544. The normalized spacial score (nSPS) is 23.0. The molecule has 0 saturated carbocycles. The molecule has 1 saturated heterocycles. The number of hydrogen-bond acceptors (Lipinski definition) is 5. The minimum Gasteiger partial charge on any atom is -0.478 e. The van der Waals surface area contributed by atoms with Crippen molar-refractivity contribution in [1.29, 1.82) is 0 Å². The maximum atomic E-state index is 11.0. The van der Waals surface area contributed by atoms with E-state index >= 15 is 0 Å². The van der Waals surface area contributed by atoms with Gasteiger partial charge in [-0.25, -0.2) is 9.78 Å². The first-order valence-corrected chi connectivity index (χ1v) is 5.84. The van der Waals surface area contributed by atoms with Gasteiger partial charge in [0, 0.05) is 19.9 Å². The lowest BCUT2D eigenvalue weighted by Gasteiger charge is -2.28. The quantitative estimate of drug-likeness (QED) is 0.832. The van der Waals surface area contributed by atoms with Gasteiger partial charge in [-0.05, 0) is 19.4 Å². The van der Waals surface area contributed by atoms with E-state index in [4.69, 9.17) is 15.6 Å². The summed E-state index contributed by atoms with van der Waals surface area (Å²) in [5, 5.41) is 9.04. The molecule has 1 aliphatic heterocycles. The highest BCUT2D eigenvalue weighted by molar-refractivity contribution is 5.96. The van der Waals surface area contributed by atoms with E-state index in [1.54, 1.807) is 0 Å². The molecule has 3 N–H and O–H groups in total. The minimum absolute atomic E-state index is 0.0819. The van der Waals surface area contributed by atoms with Gasteiger partial charge in [0.15, 0.2) is 5.82 Å². The van der Waals surface area contributed by atoms with E-state index in [0.29, 0.717) is 12.4 Å². The average molecular weight is 251 g/mol. The zero-order chi connectivity index (χ0) is 13.3. The molecular formula is C12H17N3O3. The minimum atomic E-state index is -1.04. The summed E-state index contributed by atoms with van der Waals surface area (Å²) >= 11 is 0. The molecule has 0 amide bonds. The fraction of sp³-hybridized carbons (Fsp3) is 0.500. The van der Waals surface area contributed by atoms with Gasteiger partial charge in [-0.3, -0.25) is 0 Å². The Bertz CT molecular complexity index is 464. The zero-order valence-corrected chi connectivity index (χ0v) is 10.5. The van der Waals surface area contributed by atoms with Crippen molar-refractivity contribution in [3.8, 4) is 0 Å². The maximum absolute atomic E-state index is 11.0. The maximum Gasteiger partial charge on any atom is 0.337 e. The number of carbonyl (C=O) groups is 1. The summed E-state index contributed by atoms with van der Waals surface area (Å²) in [7, 11) is 1.86. The lowest BCUT2D eigenvalue weighted by molar-refractivity contribution is 0.0698.